The molecule has 2 aromatic rings. The Balaban J connectivity index is 1.37. The Morgan fingerprint density at radius 3 is 2.15 bits per heavy atom. The SMILES string of the molecule is COCC(C)(NC(=O)C1(CNC(=O)OCC2c3ccccc3-c3ccccc32)CCC1)C(=O)O. The molecule has 0 bridgehead atoms. The second-order valence-corrected chi connectivity index (χ2v) is 9.34. The molecule has 180 valence electrons. The highest BCUT2D eigenvalue weighted by Crippen LogP contribution is 2.44. The lowest BCUT2D eigenvalue weighted by molar-refractivity contribution is -0.152. The third kappa shape index (κ3) is 4.37. The standard InChI is InChI=1S/C26H30N2O6/c1-25(16-33-2,23(30)31)28-22(29)26(12-7-13-26)15-27-24(32)34-14-21-19-10-5-3-8-17(19)18-9-4-6-11-20(18)21/h3-6,8-11,21H,7,12-16H2,1-2H3,(H,27,32)(H,28,29)(H,30,31). The third-order valence-electron chi connectivity index (χ3n) is 7.00. The van der Waals surface area contributed by atoms with Crippen molar-refractivity contribution in [3.63, 3.8) is 0 Å². The normalized spacial score (nSPS) is 17.5. The number of carbonyl (C=O) groups is 3. The van der Waals surface area contributed by atoms with Crippen LogP contribution in [0.2, 0.25) is 0 Å². The number of alkyl carbamates (subject to hydrolysis) is 1. The number of carboxylic acids is 1. The molecular weight excluding hydrogens is 436 g/mol. The highest BCUT2D eigenvalue weighted by Gasteiger charge is 2.48. The van der Waals surface area contributed by atoms with E-state index in [9.17, 15) is 19.5 Å². The van der Waals surface area contributed by atoms with Gasteiger partial charge in [0, 0.05) is 19.6 Å². The van der Waals surface area contributed by atoms with Crippen LogP contribution in [0.15, 0.2) is 48.5 Å². The molecule has 34 heavy (non-hydrogen) atoms. The van der Waals surface area contributed by atoms with E-state index in [2.05, 4.69) is 34.9 Å². The van der Waals surface area contributed by atoms with E-state index in [4.69, 9.17) is 9.47 Å². The summed E-state index contributed by atoms with van der Waals surface area (Å²) in [6, 6.07) is 16.2. The van der Waals surface area contributed by atoms with E-state index in [0.29, 0.717) is 12.8 Å². The van der Waals surface area contributed by atoms with Crippen molar-refractivity contribution in [2.45, 2.75) is 37.6 Å². The molecule has 4 rings (SSSR count). The van der Waals surface area contributed by atoms with Crippen LogP contribution in [-0.2, 0) is 19.1 Å². The molecule has 2 aliphatic rings. The minimum atomic E-state index is -1.54. The first-order chi connectivity index (χ1) is 16.3. The fourth-order valence-corrected chi connectivity index (χ4v) is 4.80. The molecule has 1 unspecified atom stereocenters. The number of ether oxygens (including phenoxy) is 2. The van der Waals surface area contributed by atoms with Crippen LogP contribution in [0.5, 0.6) is 0 Å². The first-order valence-electron chi connectivity index (χ1n) is 11.4. The van der Waals surface area contributed by atoms with Crippen LogP contribution in [0.1, 0.15) is 43.2 Å². The molecule has 1 atom stereocenters. The van der Waals surface area contributed by atoms with Crippen LogP contribution in [0.3, 0.4) is 0 Å². The number of carbonyl (C=O) groups excluding carboxylic acids is 2. The highest BCUT2D eigenvalue weighted by molar-refractivity contribution is 5.91. The number of methoxy groups -OCH3 is 1. The van der Waals surface area contributed by atoms with Gasteiger partial charge in [0.25, 0.3) is 0 Å². The molecule has 8 heteroatoms. The molecule has 2 aromatic carbocycles. The van der Waals surface area contributed by atoms with E-state index >= 15 is 0 Å². The molecule has 1 fully saturated rings. The van der Waals surface area contributed by atoms with Crippen LogP contribution in [0.4, 0.5) is 4.79 Å². The number of fused-ring (bicyclic) bond motifs is 3. The predicted molar refractivity (Wildman–Crippen MR) is 125 cm³/mol. The minimum Gasteiger partial charge on any atom is -0.479 e. The number of hydrogen-bond acceptors (Lipinski definition) is 5. The van der Waals surface area contributed by atoms with Crippen LogP contribution in [0, 0.1) is 5.41 Å². The van der Waals surface area contributed by atoms with Gasteiger partial charge in [0.2, 0.25) is 5.91 Å². The molecule has 3 N–H and O–H groups in total. The van der Waals surface area contributed by atoms with Gasteiger partial charge in [-0.15, -0.1) is 0 Å². The number of benzene rings is 2. The van der Waals surface area contributed by atoms with Crippen LogP contribution in [0.25, 0.3) is 11.1 Å². The number of amides is 2. The van der Waals surface area contributed by atoms with Gasteiger partial charge in [-0.1, -0.05) is 55.0 Å². The largest absolute Gasteiger partial charge is 0.479 e. The monoisotopic (exact) mass is 466 g/mol. The maximum Gasteiger partial charge on any atom is 0.407 e. The average molecular weight is 467 g/mol. The first-order valence-corrected chi connectivity index (χ1v) is 11.4. The maximum absolute atomic E-state index is 13.0. The molecular formula is C26H30N2O6. The molecule has 0 aliphatic heterocycles. The Morgan fingerprint density at radius 2 is 1.65 bits per heavy atom. The molecule has 2 amide bonds. The third-order valence-corrected chi connectivity index (χ3v) is 7.00. The Labute approximate surface area is 198 Å². The summed E-state index contributed by atoms with van der Waals surface area (Å²) in [5.74, 6) is -1.63. The Bertz CT molecular complexity index is 1050. The number of aliphatic carboxylic acids is 1. The van der Waals surface area contributed by atoms with Crippen molar-refractivity contribution in [3.8, 4) is 11.1 Å². The molecule has 0 heterocycles. The Morgan fingerprint density at radius 1 is 1.06 bits per heavy atom. The van der Waals surface area contributed by atoms with E-state index in [-0.39, 0.29) is 25.7 Å². The van der Waals surface area contributed by atoms with E-state index in [1.165, 1.54) is 14.0 Å². The van der Waals surface area contributed by atoms with Crippen molar-refractivity contribution in [2.75, 3.05) is 26.9 Å². The summed E-state index contributed by atoms with van der Waals surface area (Å²) in [4.78, 5) is 37.2. The highest BCUT2D eigenvalue weighted by atomic mass is 16.5. The summed E-state index contributed by atoms with van der Waals surface area (Å²) in [5.41, 5.74) is 2.15. The summed E-state index contributed by atoms with van der Waals surface area (Å²) in [5, 5.41) is 14.8. The van der Waals surface area contributed by atoms with Crippen LogP contribution in [-0.4, -0.2) is 55.5 Å². The fraction of sp³-hybridized carbons (Fsp3) is 0.423. The van der Waals surface area contributed by atoms with Gasteiger partial charge in [-0.2, -0.15) is 0 Å². The van der Waals surface area contributed by atoms with Gasteiger partial charge < -0.3 is 25.2 Å². The van der Waals surface area contributed by atoms with Gasteiger partial charge >= 0.3 is 12.1 Å². The fourth-order valence-electron chi connectivity index (χ4n) is 4.80. The lowest BCUT2D eigenvalue weighted by Crippen LogP contribution is -2.62. The average Bonchev–Trinajstić information content (AvgIpc) is 3.10. The van der Waals surface area contributed by atoms with Crippen molar-refractivity contribution in [1.29, 1.82) is 0 Å². The van der Waals surface area contributed by atoms with Crippen molar-refractivity contribution in [2.24, 2.45) is 5.41 Å². The molecule has 1 saturated carbocycles. The number of rotatable bonds is 9. The van der Waals surface area contributed by atoms with Crippen molar-refractivity contribution >= 4 is 18.0 Å². The smallest absolute Gasteiger partial charge is 0.407 e. The maximum atomic E-state index is 13.0. The number of nitrogens with one attached hydrogen (secondary N) is 2. The quantitative estimate of drug-likeness (QED) is 0.523. The van der Waals surface area contributed by atoms with Crippen molar-refractivity contribution in [1.82, 2.24) is 10.6 Å². The Kier molecular flexibility index (Phi) is 6.61. The number of carboxylic acid groups (broad SMARTS) is 1. The molecule has 0 spiro atoms. The Hall–Kier alpha value is -3.39. The molecule has 0 saturated heterocycles. The summed E-state index contributed by atoms with van der Waals surface area (Å²) in [7, 11) is 1.38. The van der Waals surface area contributed by atoms with Gasteiger partial charge in [0.15, 0.2) is 5.54 Å². The van der Waals surface area contributed by atoms with Gasteiger partial charge in [-0.3, -0.25) is 4.79 Å². The summed E-state index contributed by atoms with van der Waals surface area (Å²) < 4.78 is 10.5. The van der Waals surface area contributed by atoms with E-state index in [1.54, 1.807) is 0 Å². The zero-order valence-electron chi connectivity index (χ0n) is 19.4. The van der Waals surface area contributed by atoms with Gasteiger partial charge in [-0.25, -0.2) is 9.59 Å². The first kappa shape index (κ1) is 23.8. The van der Waals surface area contributed by atoms with Gasteiger partial charge in [-0.05, 0) is 42.0 Å². The molecule has 2 aliphatic carbocycles. The zero-order valence-corrected chi connectivity index (χ0v) is 19.4. The van der Waals surface area contributed by atoms with Crippen molar-refractivity contribution < 1.29 is 29.0 Å². The molecule has 8 nitrogen and oxygen atoms in total. The zero-order chi connectivity index (χ0) is 24.3. The van der Waals surface area contributed by atoms with Crippen molar-refractivity contribution in [3.05, 3.63) is 59.7 Å². The second kappa shape index (κ2) is 9.46. The van der Waals surface area contributed by atoms with Crippen LogP contribution >= 0.6 is 0 Å². The van der Waals surface area contributed by atoms with E-state index in [0.717, 1.165) is 28.7 Å². The lowest BCUT2D eigenvalue weighted by atomic mass is 9.67. The predicted octanol–water partition coefficient (Wildman–Crippen LogP) is 3.30. The minimum absolute atomic E-state index is 0.0515. The summed E-state index contributed by atoms with van der Waals surface area (Å²) in [6.45, 7) is 1.51. The van der Waals surface area contributed by atoms with Gasteiger partial charge in [0.1, 0.15) is 6.61 Å². The topological polar surface area (TPSA) is 114 Å². The van der Waals surface area contributed by atoms with Crippen LogP contribution < -0.4 is 10.6 Å². The van der Waals surface area contributed by atoms with E-state index < -0.39 is 28.9 Å². The number of hydrogen-bond donors (Lipinski definition) is 3. The summed E-state index contributed by atoms with van der Waals surface area (Å²) in [6.07, 6.45) is 1.35. The summed E-state index contributed by atoms with van der Waals surface area (Å²) >= 11 is 0. The van der Waals surface area contributed by atoms with Gasteiger partial charge in [0.05, 0.1) is 12.0 Å². The van der Waals surface area contributed by atoms with E-state index in [1.807, 2.05) is 24.3 Å². The second-order valence-electron chi connectivity index (χ2n) is 9.34. The molecule has 0 radical (unpaired) electrons. The molecule has 0 aromatic heterocycles. The lowest BCUT2D eigenvalue weighted by Gasteiger charge is -2.42.